The van der Waals surface area contributed by atoms with Gasteiger partial charge in [-0.05, 0) is 30.7 Å². The molecule has 0 aliphatic carbocycles. The first-order chi connectivity index (χ1) is 10.2. The highest BCUT2D eigenvalue weighted by Gasteiger charge is 2.22. The van der Waals surface area contributed by atoms with E-state index in [2.05, 4.69) is 4.99 Å². The molecule has 108 valence electrons. The summed E-state index contributed by atoms with van der Waals surface area (Å²) < 4.78 is 33.6. The predicted octanol–water partition coefficient (Wildman–Crippen LogP) is 4.04. The van der Waals surface area contributed by atoms with Crippen molar-refractivity contribution in [2.75, 3.05) is 11.5 Å². The van der Waals surface area contributed by atoms with Gasteiger partial charge in [-0.3, -0.25) is 0 Å². The van der Waals surface area contributed by atoms with Crippen LogP contribution >= 0.6 is 0 Å². The van der Waals surface area contributed by atoms with E-state index in [1.54, 1.807) is 6.92 Å². The highest BCUT2D eigenvalue weighted by molar-refractivity contribution is 5.85. The fraction of sp³-hybridized carbons (Fsp3) is 0.188. The number of hydrogen-bond donors (Lipinski definition) is 0. The van der Waals surface area contributed by atoms with Crippen molar-refractivity contribution in [3.05, 3.63) is 53.6 Å². The topological polar surface area (TPSA) is 24.8 Å². The molecule has 0 bridgehead atoms. The molecule has 2 aromatic rings. The maximum atomic E-state index is 14.4. The molecule has 3 rings (SSSR count). The highest BCUT2D eigenvalue weighted by atomic mass is 19.1. The Morgan fingerprint density at radius 3 is 2.81 bits per heavy atom. The number of anilines is 1. The maximum Gasteiger partial charge on any atom is 0.191 e. The lowest BCUT2D eigenvalue weighted by atomic mass is 10.1. The molecule has 0 amide bonds. The van der Waals surface area contributed by atoms with Gasteiger partial charge in [-0.25, -0.2) is 13.8 Å². The zero-order chi connectivity index (χ0) is 14.8. The van der Waals surface area contributed by atoms with Crippen LogP contribution in [0.2, 0.25) is 0 Å². The summed E-state index contributed by atoms with van der Waals surface area (Å²) >= 11 is 0. The minimum absolute atomic E-state index is 0.0427. The van der Waals surface area contributed by atoms with Crippen LogP contribution in [0, 0.1) is 11.6 Å². The number of aliphatic imine (C=N–C) groups is 1. The van der Waals surface area contributed by atoms with Crippen LogP contribution in [0.5, 0.6) is 5.75 Å². The van der Waals surface area contributed by atoms with Crippen molar-refractivity contribution < 1.29 is 13.5 Å². The molecular formula is C16H14F2N2O. The van der Waals surface area contributed by atoms with Crippen molar-refractivity contribution in [1.29, 1.82) is 0 Å². The molecule has 1 heterocycles. The smallest absolute Gasteiger partial charge is 0.191 e. The van der Waals surface area contributed by atoms with E-state index in [9.17, 15) is 8.78 Å². The highest BCUT2D eigenvalue weighted by Crippen LogP contribution is 2.34. The summed E-state index contributed by atoms with van der Waals surface area (Å²) in [6.45, 7) is 2.43. The summed E-state index contributed by atoms with van der Waals surface area (Å²) in [5.41, 5.74) is 1.59. The standard InChI is InChI=1S/C16H14F2N2O/c1-2-21-14-8-7-12(17)16(15(14)18)20-9-11-5-3-4-6-13(11)19-10-20/h3-8,10H,2,9H2,1H3. The third-order valence-corrected chi connectivity index (χ3v) is 3.29. The van der Waals surface area contributed by atoms with Gasteiger partial charge >= 0.3 is 0 Å². The Labute approximate surface area is 121 Å². The average molecular weight is 288 g/mol. The lowest BCUT2D eigenvalue weighted by molar-refractivity contribution is 0.320. The number of ether oxygens (including phenoxy) is 1. The SMILES string of the molecule is CCOc1ccc(F)c(N2C=Nc3ccccc3C2)c1F. The van der Waals surface area contributed by atoms with Crippen molar-refractivity contribution in [3.63, 3.8) is 0 Å². The molecule has 0 spiro atoms. The second-order valence-corrected chi connectivity index (χ2v) is 4.64. The molecule has 0 radical (unpaired) electrons. The fourth-order valence-corrected chi connectivity index (χ4v) is 2.32. The van der Waals surface area contributed by atoms with Gasteiger partial charge in [-0.2, -0.15) is 0 Å². The van der Waals surface area contributed by atoms with Gasteiger partial charge < -0.3 is 9.64 Å². The van der Waals surface area contributed by atoms with Crippen LogP contribution in [0.25, 0.3) is 0 Å². The average Bonchev–Trinajstić information content (AvgIpc) is 2.50. The number of benzene rings is 2. The van der Waals surface area contributed by atoms with Crippen molar-refractivity contribution in [2.45, 2.75) is 13.5 Å². The van der Waals surface area contributed by atoms with Crippen LogP contribution in [0.3, 0.4) is 0 Å². The van der Waals surface area contributed by atoms with Crippen LogP contribution in [0.4, 0.5) is 20.2 Å². The van der Waals surface area contributed by atoms with Gasteiger partial charge in [0.2, 0.25) is 0 Å². The van der Waals surface area contributed by atoms with Gasteiger partial charge in [-0.15, -0.1) is 0 Å². The minimum atomic E-state index is -0.706. The van der Waals surface area contributed by atoms with Gasteiger partial charge in [0.1, 0.15) is 11.5 Å². The number of para-hydroxylation sites is 1. The zero-order valence-corrected chi connectivity index (χ0v) is 11.5. The first-order valence-electron chi connectivity index (χ1n) is 6.70. The Hall–Kier alpha value is -2.43. The zero-order valence-electron chi connectivity index (χ0n) is 11.5. The van der Waals surface area contributed by atoms with E-state index in [-0.39, 0.29) is 11.4 Å². The Morgan fingerprint density at radius 2 is 2.00 bits per heavy atom. The lowest BCUT2D eigenvalue weighted by Gasteiger charge is -2.25. The molecule has 0 fully saturated rings. The number of hydrogen-bond acceptors (Lipinski definition) is 3. The van der Waals surface area contributed by atoms with Crippen molar-refractivity contribution in [3.8, 4) is 5.75 Å². The van der Waals surface area contributed by atoms with Crippen LogP contribution in [-0.4, -0.2) is 12.9 Å². The monoisotopic (exact) mass is 288 g/mol. The number of fused-ring (bicyclic) bond motifs is 1. The van der Waals surface area contributed by atoms with E-state index >= 15 is 0 Å². The number of halogens is 2. The van der Waals surface area contributed by atoms with Gasteiger partial charge in [0, 0.05) is 0 Å². The first-order valence-corrected chi connectivity index (χ1v) is 6.70. The minimum Gasteiger partial charge on any atom is -0.491 e. The van der Waals surface area contributed by atoms with E-state index in [4.69, 9.17) is 4.74 Å². The Morgan fingerprint density at radius 1 is 1.19 bits per heavy atom. The summed E-state index contributed by atoms with van der Waals surface area (Å²) in [4.78, 5) is 5.69. The van der Waals surface area contributed by atoms with Gasteiger partial charge in [0.15, 0.2) is 11.6 Å². The quantitative estimate of drug-likeness (QED) is 0.851. The third-order valence-electron chi connectivity index (χ3n) is 3.29. The van der Waals surface area contributed by atoms with Crippen molar-refractivity contribution >= 4 is 17.7 Å². The molecule has 1 aliphatic heterocycles. The Kier molecular flexibility index (Phi) is 3.56. The third kappa shape index (κ3) is 2.46. The fourth-order valence-electron chi connectivity index (χ4n) is 2.32. The molecule has 0 atom stereocenters. The molecule has 0 N–H and O–H groups in total. The van der Waals surface area contributed by atoms with Crippen molar-refractivity contribution in [2.24, 2.45) is 4.99 Å². The molecule has 0 saturated heterocycles. The molecular weight excluding hydrogens is 274 g/mol. The molecule has 0 unspecified atom stereocenters. The molecule has 21 heavy (non-hydrogen) atoms. The lowest BCUT2D eigenvalue weighted by Crippen LogP contribution is -2.25. The van der Waals surface area contributed by atoms with Gasteiger partial charge in [0.05, 0.1) is 25.2 Å². The summed E-state index contributed by atoms with van der Waals surface area (Å²) in [6.07, 6.45) is 1.44. The van der Waals surface area contributed by atoms with Crippen molar-refractivity contribution in [1.82, 2.24) is 0 Å². The maximum absolute atomic E-state index is 14.4. The van der Waals surface area contributed by atoms with E-state index in [0.29, 0.717) is 13.2 Å². The molecule has 2 aromatic carbocycles. The van der Waals surface area contributed by atoms with Crippen LogP contribution in [0.1, 0.15) is 12.5 Å². The van der Waals surface area contributed by atoms with Gasteiger partial charge in [-0.1, -0.05) is 18.2 Å². The molecule has 3 nitrogen and oxygen atoms in total. The second kappa shape index (κ2) is 5.52. The largest absolute Gasteiger partial charge is 0.491 e. The van der Waals surface area contributed by atoms with Crippen LogP contribution in [0.15, 0.2) is 41.4 Å². The number of rotatable bonds is 3. The summed E-state index contributed by atoms with van der Waals surface area (Å²) in [6, 6.07) is 10.0. The molecule has 0 saturated carbocycles. The van der Waals surface area contributed by atoms with E-state index in [0.717, 1.165) is 11.3 Å². The second-order valence-electron chi connectivity index (χ2n) is 4.64. The van der Waals surface area contributed by atoms with Crippen LogP contribution in [-0.2, 0) is 6.54 Å². The normalized spacial score (nSPS) is 13.2. The van der Waals surface area contributed by atoms with E-state index in [1.807, 2.05) is 24.3 Å². The Bertz CT molecular complexity index is 701. The predicted molar refractivity (Wildman–Crippen MR) is 78.3 cm³/mol. The van der Waals surface area contributed by atoms with Crippen LogP contribution < -0.4 is 9.64 Å². The summed E-state index contributed by atoms with van der Waals surface area (Å²) in [5, 5.41) is 0. The van der Waals surface area contributed by atoms with E-state index < -0.39 is 11.6 Å². The summed E-state index contributed by atoms with van der Waals surface area (Å²) in [7, 11) is 0. The molecule has 5 heteroatoms. The molecule has 0 aromatic heterocycles. The first kappa shape index (κ1) is 13.5. The molecule has 1 aliphatic rings. The van der Waals surface area contributed by atoms with E-state index in [1.165, 1.54) is 23.4 Å². The summed E-state index contributed by atoms with van der Waals surface area (Å²) in [5.74, 6) is -1.30. The Balaban J connectivity index is 2.01. The van der Waals surface area contributed by atoms with Gasteiger partial charge in [0.25, 0.3) is 0 Å². The number of nitrogens with zero attached hydrogens (tertiary/aromatic N) is 2.